The van der Waals surface area contributed by atoms with Gasteiger partial charge in [0.05, 0.1) is 0 Å². The van der Waals surface area contributed by atoms with Crippen LogP contribution in [0.25, 0.3) is 0 Å². The molecule has 0 aromatic heterocycles. The van der Waals surface area contributed by atoms with Crippen LogP contribution in [-0.2, 0) is 0 Å². The molecule has 0 saturated heterocycles. The van der Waals surface area contributed by atoms with Crippen LogP contribution in [0.1, 0.15) is 22.8 Å². The quantitative estimate of drug-likeness (QED) is 0.911. The molecule has 0 spiro atoms. The summed E-state index contributed by atoms with van der Waals surface area (Å²) in [6.07, 6.45) is -0.262. The van der Waals surface area contributed by atoms with Crippen molar-refractivity contribution in [3.63, 3.8) is 0 Å². The van der Waals surface area contributed by atoms with Crippen LogP contribution in [0.5, 0.6) is 5.75 Å². The van der Waals surface area contributed by atoms with Gasteiger partial charge in [0.1, 0.15) is 17.7 Å². The van der Waals surface area contributed by atoms with Gasteiger partial charge >= 0.3 is 0 Å². The summed E-state index contributed by atoms with van der Waals surface area (Å²) in [6, 6.07) is 12.7. The zero-order valence-electron chi connectivity index (χ0n) is 11.2. The first-order chi connectivity index (χ1) is 9.10. The summed E-state index contributed by atoms with van der Waals surface area (Å²) in [7, 11) is 0. The first-order valence-corrected chi connectivity index (χ1v) is 6.29. The maximum Gasteiger partial charge on any atom is 0.136 e. The Balaban J connectivity index is 2.19. The molecule has 2 aromatic rings. The fourth-order valence-electron chi connectivity index (χ4n) is 1.90. The number of benzene rings is 2. The molecule has 1 atom stereocenters. The zero-order chi connectivity index (χ0) is 13.8. The fraction of sp³-hybridized carbons (Fsp3) is 0.250. The van der Waals surface area contributed by atoms with Crippen molar-refractivity contribution >= 4 is 0 Å². The van der Waals surface area contributed by atoms with Crippen LogP contribution >= 0.6 is 0 Å². The van der Waals surface area contributed by atoms with Gasteiger partial charge in [0.25, 0.3) is 0 Å². The number of nitrogens with two attached hydrogens (primary N) is 1. The fourth-order valence-corrected chi connectivity index (χ4v) is 1.90. The van der Waals surface area contributed by atoms with Crippen molar-refractivity contribution in [3.8, 4) is 5.75 Å². The summed E-state index contributed by atoms with van der Waals surface area (Å²) in [5.41, 5.74) is 8.42. The lowest BCUT2D eigenvalue weighted by Crippen LogP contribution is -2.18. The van der Waals surface area contributed by atoms with Crippen LogP contribution in [-0.4, -0.2) is 6.54 Å². The molecule has 0 radical (unpaired) electrons. The van der Waals surface area contributed by atoms with Crippen molar-refractivity contribution in [1.29, 1.82) is 0 Å². The Morgan fingerprint density at radius 2 is 1.79 bits per heavy atom. The van der Waals surface area contributed by atoms with Gasteiger partial charge in [-0.15, -0.1) is 0 Å². The minimum Gasteiger partial charge on any atom is -0.484 e. The number of hydrogen-bond donors (Lipinski definition) is 1. The van der Waals surface area contributed by atoms with E-state index in [0.717, 1.165) is 11.3 Å². The van der Waals surface area contributed by atoms with E-state index >= 15 is 0 Å². The number of rotatable bonds is 4. The maximum absolute atomic E-state index is 13.3. The molecular formula is C16H18FNO. The van der Waals surface area contributed by atoms with E-state index in [1.54, 1.807) is 19.1 Å². The first kappa shape index (κ1) is 13.6. The third kappa shape index (κ3) is 3.32. The lowest BCUT2D eigenvalue weighted by Gasteiger charge is -2.18. The summed E-state index contributed by atoms with van der Waals surface area (Å²) in [6.45, 7) is 4.10. The Morgan fingerprint density at radius 1 is 1.11 bits per heavy atom. The molecule has 3 heteroatoms. The monoisotopic (exact) mass is 259 g/mol. The average molecular weight is 259 g/mol. The molecule has 0 bridgehead atoms. The van der Waals surface area contributed by atoms with Crippen LogP contribution in [0.4, 0.5) is 4.39 Å². The van der Waals surface area contributed by atoms with E-state index in [9.17, 15) is 4.39 Å². The van der Waals surface area contributed by atoms with Gasteiger partial charge in [-0.1, -0.05) is 23.8 Å². The average Bonchev–Trinajstić information content (AvgIpc) is 2.41. The maximum atomic E-state index is 13.3. The van der Waals surface area contributed by atoms with Gasteiger partial charge in [-0.2, -0.15) is 0 Å². The van der Waals surface area contributed by atoms with Crippen molar-refractivity contribution in [2.24, 2.45) is 5.73 Å². The number of ether oxygens (including phenoxy) is 1. The van der Waals surface area contributed by atoms with E-state index in [0.29, 0.717) is 12.1 Å². The predicted octanol–water partition coefficient (Wildman–Crippen LogP) is 3.52. The number of halogens is 1. The van der Waals surface area contributed by atoms with Crippen molar-refractivity contribution in [3.05, 3.63) is 65.0 Å². The second-order valence-electron chi connectivity index (χ2n) is 4.66. The SMILES string of the molecule is Cc1ccc(OC(CN)c2ccc(F)c(C)c2)cc1. The highest BCUT2D eigenvalue weighted by Gasteiger charge is 2.12. The molecule has 0 aliphatic carbocycles. The number of aryl methyl sites for hydroxylation is 2. The summed E-state index contributed by atoms with van der Waals surface area (Å²) < 4.78 is 19.1. The molecule has 2 N–H and O–H groups in total. The smallest absolute Gasteiger partial charge is 0.136 e. The molecule has 0 aliphatic heterocycles. The Bertz CT molecular complexity index is 551. The van der Waals surface area contributed by atoms with Gasteiger partial charge in [0, 0.05) is 6.54 Å². The summed E-state index contributed by atoms with van der Waals surface area (Å²) in [4.78, 5) is 0. The van der Waals surface area contributed by atoms with E-state index in [-0.39, 0.29) is 11.9 Å². The third-order valence-corrected chi connectivity index (χ3v) is 3.07. The molecule has 2 rings (SSSR count). The van der Waals surface area contributed by atoms with Crippen molar-refractivity contribution in [2.75, 3.05) is 6.54 Å². The largest absolute Gasteiger partial charge is 0.484 e. The summed E-state index contributed by atoms with van der Waals surface area (Å²) in [5, 5.41) is 0. The van der Waals surface area contributed by atoms with Crippen molar-refractivity contribution in [1.82, 2.24) is 0 Å². The highest BCUT2D eigenvalue weighted by atomic mass is 19.1. The van der Waals surface area contributed by atoms with Gasteiger partial charge in [-0.05, 0) is 49.2 Å². The molecule has 0 amide bonds. The highest BCUT2D eigenvalue weighted by Crippen LogP contribution is 2.23. The Morgan fingerprint density at radius 3 is 2.37 bits per heavy atom. The molecule has 0 saturated carbocycles. The van der Waals surface area contributed by atoms with E-state index in [2.05, 4.69) is 0 Å². The van der Waals surface area contributed by atoms with Crippen molar-refractivity contribution in [2.45, 2.75) is 20.0 Å². The van der Waals surface area contributed by atoms with E-state index < -0.39 is 0 Å². The summed E-state index contributed by atoms with van der Waals surface area (Å²) in [5.74, 6) is 0.554. The molecule has 1 unspecified atom stereocenters. The Labute approximate surface area is 113 Å². The summed E-state index contributed by atoms with van der Waals surface area (Å²) >= 11 is 0. The van der Waals surface area contributed by atoms with Gasteiger partial charge < -0.3 is 10.5 Å². The van der Waals surface area contributed by atoms with Crippen LogP contribution in [0.2, 0.25) is 0 Å². The molecule has 100 valence electrons. The van der Waals surface area contributed by atoms with Gasteiger partial charge in [-0.25, -0.2) is 4.39 Å². The molecule has 19 heavy (non-hydrogen) atoms. The zero-order valence-corrected chi connectivity index (χ0v) is 11.2. The second-order valence-corrected chi connectivity index (χ2v) is 4.66. The van der Waals surface area contributed by atoms with Crippen LogP contribution < -0.4 is 10.5 Å². The second kappa shape index (κ2) is 5.85. The highest BCUT2D eigenvalue weighted by molar-refractivity contribution is 5.30. The molecule has 0 heterocycles. The van der Waals surface area contributed by atoms with E-state index in [1.165, 1.54) is 11.6 Å². The minimum atomic E-state index is -0.262. The number of hydrogen-bond acceptors (Lipinski definition) is 2. The van der Waals surface area contributed by atoms with Crippen LogP contribution in [0.15, 0.2) is 42.5 Å². The van der Waals surface area contributed by atoms with Gasteiger partial charge in [0.15, 0.2) is 0 Å². The van der Waals surface area contributed by atoms with Gasteiger partial charge in [0.2, 0.25) is 0 Å². The first-order valence-electron chi connectivity index (χ1n) is 6.29. The normalized spacial score (nSPS) is 12.2. The van der Waals surface area contributed by atoms with Crippen LogP contribution in [0, 0.1) is 19.7 Å². The molecule has 2 aromatic carbocycles. The van der Waals surface area contributed by atoms with Crippen molar-refractivity contribution < 1.29 is 9.13 Å². The lowest BCUT2D eigenvalue weighted by atomic mass is 10.1. The Hall–Kier alpha value is -1.87. The standard InChI is InChI=1S/C16H18FNO/c1-11-3-6-14(7-4-11)19-16(10-18)13-5-8-15(17)12(2)9-13/h3-9,16H,10,18H2,1-2H3. The molecule has 0 aliphatic rings. The minimum absolute atomic E-state index is 0.213. The van der Waals surface area contributed by atoms with E-state index in [1.807, 2.05) is 31.2 Å². The molecule has 2 nitrogen and oxygen atoms in total. The molecule has 0 fully saturated rings. The lowest BCUT2D eigenvalue weighted by molar-refractivity contribution is 0.214. The predicted molar refractivity (Wildman–Crippen MR) is 74.7 cm³/mol. The third-order valence-electron chi connectivity index (χ3n) is 3.07. The van der Waals surface area contributed by atoms with E-state index in [4.69, 9.17) is 10.5 Å². The van der Waals surface area contributed by atoms with Crippen LogP contribution in [0.3, 0.4) is 0 Å². The topological polar surface area (TPSA) is 35.2 Å². The molecular weight excluding hydrogens is 241 g/mol. The Kier molecular flexibility index (Phi) is 4.17. The van der Waals surface area contributed by atoms with Gasteiger partial charge in [-0.3, -0.25) is 0 Å².